The molecular weight excluding hydrogens is 177 g/mol. The molecule has 1 aromatic rings. The first-order valence-electron chi connectivity index (χ1n) is 5.33. The normalized spacial score (nSPS) is 19.7. The standard InChI is InChI=1S/C12H16FN/c1-2-8-14-12-7-6-9-10(12)4-3-5-11(9)13/h3-5,12,14H,2,6-8H2,1H3. The molecule has 0 spiro atoms. The number of rotatable bonds is 3. The van der Waals surface area contributed by atoms with Crippen molar-refractivity contribution in [3.05, 3.63) is 35.1 Å². The van der Waals surface area contributed by atoms with E-state index in [2.05, 4.69) is 12.2 Å². The van der Waals surface area contributed by atoms with Gasteiger partial charge in [-0.1, -0.05) is 19.1 Å². The Bertz CT molecular complexity index is 322. The van der Waals surface area contributed by atoms with Crippen molar-refractivity contribution in [1.29, 1.82) is 0 Å². The predicted octanol–water partition coefficient (Wildman–Crippen LogP) is 2.81. The molecule has 2 heteroatoms. The van der Waals surface area contributed by atoms with Gasteiger partial charge in [-0.05, 0) is 43.0 Å². The van der Waals surface area contributed by atoms with Gasteiger partial charge in [0, 0.05) is 6.04 Å². The van der Waals surface area contributed by atoms with E-state index in [-0.39, 0.29) is 5.82 Å². The van der Waals surface area contributed by atoms with E-state index in [0.29, 0.717) is 6.04 Å². The van der Waals surface area contributed by atoms with Crippen LogP contribution >= 0.6 is 0 Å². The van der Waals surface area contributed by atoms with Gasteiger partial charge in [0.05, 0.1) is 0 Å². The maximum atomic E-state index is 13.4. The highest BCUT2D eigenvalue weighted by molar-refractivity contribution is 5.35. The summed E-state index contributed by atoms with van der Waals surface area (Å²) in [6, 6.07) is 5.78. The fourth-order valence-corrected chi connectivity index (χ4v) is 2.14. The van der Waals surface area contributed by atoms with Crippen LogP contribution in [0.25, 0.3) is 0 Å². The Kier molecular flexibility index (Phi) is 2.82. The van der Waals surface area contributed by atoms with E-state index in [9.17, 15) is 4.39 Å². The summed E-state index contributed by atoms with van der Waals surface area (Å²) in [4.78, 5) is 0. The Hall–Kier alpha value is -0.890. The van der Waals surface area contributed by atoms with Gasteiger partial charge in [0.2, 0.25) is 0 Å². The summed E-state index contributed by atoms with van der Waals surface area (Å²) in [5.41, 5.74) is 2.08. The van der Waals surface area contributed by atoms with Crippen LogP contribution in [0.2, 0.25) is 0 Å². The van der Waals surface area contributed by atoms with Gasteiger partial charge in [-0.2, -0.15) is 0 Å². The molecule has 1 nitrogen and oxygen atoms in total. The molecule has 0 fully saturated rings. The number of nitrogens with one attached hydrogen (secondary N) is 1. The molecule has 14 heavy (non-hydrogen) atoms. The third-order valence-electron chi connectivity index (χ3n) is 2.85. The molecular formula is C12H16FN. The minimum absolute atomic E-state index is 0.0386. The van der Waals surface area contributed by atoms with E-state index in [1.165, 1.54) is 5.56 Å². The van der Waals surface area contributed by atoms with Gasteiger partial charge in [0.1, 0.15) is 5.82 Å². The smallest absolute Gasteiger partial charge is 0.126 e. The second kappa shape index (κ2) is 4.09. The summed E-state index contributed by atoms with van der Waals surface area (Å²) >= 11 is 0. The second-order valence-electron chi connectivity index (χ2n) is 3.85. The van der Waals surface area contributed by atoms with Crippen LogP contribution in [0.3, 0.4) is 0 Å². The minimum Gasteiger partial charge on any atom is -0.310 e. The van der Waals surface area contributed by atoms with Crippen LogP contribution in [-0.4, -0.2) is 6.54 Å². The van der Waals surface area contributed by atoms with Crippen LogP contribution in [0.15, 0.2) is 18.2 Å². The number of hydrogen-bond donors (Lipinski definition) is 1. The summed E-state index contributed by atoms with van der Waals surface area (Å²) in [5, 5.41) is 3.45. The Morgan fingerprint density at radius 2 is 2.36 bits per heavy atom. The molecule has 1 atom stereocenters. The van der Waals surface area contributed by atoms with E-state index in [1.54, 1.807) is 12.1 Å². The van der Waals surface area contributed by atoms with Crippen molar-refractivity contribution >= 4 is 0 Å². The van der Waals surface area contributed by atoms with Gasteiger partial charge in [-0.3, -0.25) is 0 Å². The van der Waals surface area contributed by atoms with E-state index in [1.807, 2.05) is 6.07 Å². The van der Waals surface area contributed by atoms with E-state index in [0.717, 1.165) is 31.4 Å². The highest BCUT2D eigenvalue weighted by Gasteiger charge is 2.23. The van der Waals surface area contributed by atoms with Crippen molar-refractivity contribution in [2.75, 3.05) is 6.54 Å². The monoisotopic (exact) mass is 193 g/mol. The number of hydrogen-bond acceptors (Lipinski definition) is 1. The lowest BCUT2D eigenvalue weighted by molar-refractivity contribution is 0.529. The van der Waals surface area contributed by atoms with E-state index < -0.39 is 0 Å². The molecule has 0 saturated heterocycles. The Morgan fingerprint density at radius 3 is 3.14 bits per heavy atom. The minimum atomic E-state index is -0.0386. The van der Waals surface area contributed by atoms with Crippen LogP contribution in [0.4, 0.5) is 4.39 Å². The van der Waals surface area contributed by atoms with Crippen LogP contribution in [0, 0.1) is 5.82 Å². The molecule has 1 unspecified atom stereocenters. The van der Waals surface area contributed by atoms with Gasteiger partial charge >= 0.3 is 0 Å². The van der Waals surface area contributed by atoms with Crippen molar-refractivity contribution in [1.82, 2.24) is 5.32 Å². The van der Waals surface area contributed by atoms with Gasteiger partial charge in [0.15, 0.2) is 0 Å². The molecule has 1 aromatic carbocycles. The molecule has 0 amide bonds. The first-order valence-corrected chi connectivity index (χ1v) is 5.33. The summed E-state index contributed by atoms with van der Waals surface area (Å²) in [6.07, 6.45) is 3.04. The molecule has 0 radical (unpaired) electrons. The van der Waals surface area contributed by atoms with E-state index >= 15 is 0 Å². The summed E-state index contributed by atoms with van der Waals surface area (Å²) in [6.45, 7) is 3.16. The number of halogens is 1. The van der Waals surface area contributed by atoms with Gasteiger partial charge in [-0.15, -0.1) is 0 Å². The lowest BCUT2D eigenvalue weighted by atomic mass is 10.1. The molecule has 1 N–H and O–H groups in total. The molecule has 1 aliphatic rings. The average molecular weight is 193 g/mol. The topological polar surface area (TPSA) is 12.0 Å². The maximum Gasteiger partial charge on any atom is 0.126 e. The third kappa shape index (κ3) is 1.67. The Labute approximate surface area is 84.3 Å². The quantitative estimate of drug-likeness (QED) is 0.778. The first-order chi connectivity index (χ1) is 6.83. The van der Waals surface area contributed by atoms with E-state index in [4.69, 9.17) is 0 Å². The molecule has 0 aliphatic heterocycles. The van der Waals surface area contributed by atoms with Crippen molar-refractivity contribution in [2.24, 2.45) is 0 Å². The molecule has 76 valence electrons. The first kappa shape index (κ1) is 9.66. The highest BCUT2D eigenvalue weighted by Crippen LogP contribution is 2.32. The fraction of sp³-hybridized carbons (Fsp3) is 0.500. The zero-order chi connectivity index (χ0) is 9.97. The average Bonchev–Trinajstić information content (AvgIpc) is 2.60. The fourth-order valence-electron chi connectivity index (χ4n) is 2.14. The van der Waals surface area contributed by atoms with Crippen LogP contribution in [0.5, 0.6) is 0 Å². The largest absolute Gasteiger partial charge is 0.310 e. The van der Waals surface area contributed by atoms with Crippen LogP contribution < -0.4 is 5.32 Å². The molecule has 1 aliphatic carbocycles. The Balaban J connectivity index is 2.18. The lowest BCUT2D eigenvalue weighted by Crippen LogP contribution is -2.19. The molecule has 0 aromatic heterocycles. The van der Waals surface area contributed by atoms with Crippen LogP contribution in [0.1, 0.15) is 36.9 Å². The SMILES string of the molecule is CCCNC1CCc2c(F)cccc21. The Morgan fingerprint density at radius 1 is 1.50 bits per heavy atom. The van der Waals surface area contributed by atoms with Gasteiger partial charge in [-0.25, -0.2) is 4.39 Å². The summed E-state index contributed by atoms with van der Waals surface area (Å²) < 4.78 is 13.4. The molecule has 2 rings (SSSR count). The van der Waals surface area contributed by atoms with Crippen molar-refractivity contribution < 1.29 is 4.39 Å². The highest BCUT2D eigenvalue weighted by atomic mass is 19.1. The lowest BCUT2D eigenvalue weighted by Gasteiger charge is -2.12. The number of fused-ring (bicyclic) bond motifs is 1. The molecule has 0 saturated carbocycles. The van der Waals surface area contributed by atoms with Gasteiger partial charge in [0.25, 0.3) is 0 Å². The molecule has 0 bridgehead atoms. The number of benzene rings is 1. The zero-order valence-corrected chi connectivity index (χ0v) is 8.52. The zero-order valence-electron chi connectivity index (χ0n) is 8.52. The third-order valence-corrected chi connectivity index (χ3v) is 2.85. The summed E-state index contributed by atoms with van der Waals surface area (Å²) in [7, 11) is 0. The van der Waals surface area contributed by atoms with Crippen molar-refractivity contribution in [3.63, 3.8) is 0 Å². The second-order valence-corrected chi connectivity index (χ2v) is 3.85. The van der Waals surface area contributed by atoms with Gasteiger partial charge < -0.3 is 5.32 Å². The molecule has 0 heterocycles. The summed E-state index contributed by atoms with van der Waals surface area (Å²) in [5.74, 6) is -0.0386. The predicted molar refractivity (Wildman–Crippen MR) is 55.8 cm³/mol. The van der Waals surface area contributed by atoms with Crippen molar-refractivity contribution in [2.45, 2.75) is 32.2 Å². The maximum absolute atomic E-state index is 13.4. The van der Waals surface area contributed by atoms with Crippen LogP contribution in [-0.2, 0) is 6.42 Å². The van der Waals surface area contributed by atoms with Crippen molar-refractivity contribution in [3.8, 4) is 0 Å².